The minimum absolute atomic E-state index is 0.0829. The molecule has 0 spiro atoms. The summed E-state index contributed by atoms with van der Waals surface area (Å²) in [5.74, 6) is 0. The second-order valence-electron chi connectivity index (χ2n) is 6.14. The van der Waals surface area contributed by atoms with Crippen molar-refractivity contribution in [3.8, 4) is 0 Å². The van der Waals surface area contributed by atoms with Gasteiger partial charge in [0, 0.05) is 5.41 Å². The van der Waals surface area contributed by atoms with Crippen LogP contribution in [0.2, 0.25) is 0 Å². The zero-order valence-corrected chi connectivity index (χ0v) is 15.3. The lowest BCUT2D eigenvalue weighted by Gasteiger charge is -2.35. The van der Waals surface area contributed by atoms with Crippen LogP contribution in [0.1, 0.15) is 57.6 Å². The van der Waals surface area contributed by atoms with E-state index in [4.69, 9.17) is 0 Å². The van der Waals surface area contributed by atoms with Crippen molar-refractivity contribution in [3.63, 3.8) is 0 Å². The van der Waals surface area contributed by atoms with Gasteiger partial charge in [0.2, 0.25) is 0 Å². The zero-order valence-electron chi connectivity index (χ0n) is 15.3. The van der Waals surface area contributed by atoms with Gasteiger partial charge in [-0.3, -0.25) is 0 Å². The largest absolute Gasteiger partial charge is 0.0842 e. The van der Waals surface area contributed by atoms with E-state index in [2.05, 4.69) is 85.8 Å². The average Bonchev–Trinajstić information content (AvgIpc) is 2.70. The molecular formula is C24H30. The lowest BCUT2D eigenvalue weighted by molar-refractivity contribution is 0.482. The zero-order chi connectivity index (χ0) is 17.3. The highest BCUT2D eigenvalue weighted by Gasteiger charge is 2.33. The Hall–Kier alpha value is -2.08. The molecule has 0 fully saturated rings. The maximum atomic E-state index is 2.32. The van der Waals surface area contributed by atoms with Gasteiger partial charge >= 0.3 is 0 Å². The monoisotopic (exact) mass is 318 g/mol. The molecule has 0 bridgehead atoms. The summed E-state index contributed by atoms with van der Waals surface area (Å²) in [7, 11) is 0. The summed E-state index contributed by atoms with van der Waals surface area (Å²) in [6, 6.07) is 22.0. The molecule has 1 aliphatic carbocycles. The molecule has 0 atom stereocenters. The van der Waals surface area contributed by atoms with Gasteiger partial charge in [0.25, 0.3) is 0 Å². The third-order valence-corrected chi connectivity index (χ3v) is 4.89. The van der Waals surface area contributed by atoms with Crippen molar-refractivity contribution in [2.45, 2.75) is 51.9 Å². The minimum Gasteiger partial charge on any atom is -0.0842 e. The first-order valence-corrected chi connectivity index (χ1v) is 9.31. The van der Waals surface area contributed by atoms with E-state index in [0.717, 1.165) is 12.8 Å². The molecule has 0 aromatic heterocycles. The normalized spacial score (nSPS) is 13.7. The molecule has 0 radical (unpaired) electrons. The van der Waals surface area contributed by atoms with E-state index in [-0.39, 0.29) is 5.41 Å². The van der Waals surface area contributed by atoms with Gasteiger partial charge in [-0.15, -0.1) is 0 Å². The molecule has 1 aliphatic rings. The molecule has 0 heteroatoms. The predicted octanol–water partition coefficient (Wildman–Crippen LogP) is 7.08. The van der Waals surface area contributed by atoms with Gasteiger partial charge in [-0.05, 0) is 36.8 Å². The molecule has 0 saturated heterocycles. The van der Waals surface area contributed by atoms with E-state index < -0.39 is 0 Å². The first-order valence-electron chi connectivity index (χ1n) is 9.31. The number of hydrogen-bond acceptors (Lipinski definition) is 0. The summed E-state index contributed by atoms with van der Waals surface area (Å²) in [6.07, 6.45) is 11.4. The molecule has 0 aliphatic heterocycles. The van der Waals surface area contributed by atoms with Crippen LogP contribution in [0.15, 0.2) is 84.5 Å². The van der Waals surface area contributed by atoms with Crippen LogP contribution in [0.25, 0.3) is 0 Å². The van der Waals surface area contributed by atoms with Crippen LogP contribution in [0.5, 0.6) is 0 Å². The molecule has 126 valence electrons. The van der Waals surface area contributed by atoms with Gasteiger partial charge in [-0.25, -0.2) is 0 Å². The molecule has 0 unspecified atom stereocenters. The smallest absolute Gasteiger partial charge is 0.0237 e. The topological polar surface area (TPSA) is 0 Å². The van der Waals surface area contributed by atoms with Crippen molar-refractivity contribution in [2.24, 2.45) is 0 Å². The summed E-state index contributed by atoms with van der Waals surface area (Å²) in [5, 5.41) is 0. The highest BCUT2D eigenvalue weighted by atomic mass is 14.4. The van der Waals surface area contributed by atoms with Crippen LogP contribution < -0.4 is 0 Å². The summed E-state index contributed by atoms with van der Waals surface area (Å²) >= 11 is 0. The maximum Gasteiger partial charge on any atom is 0.0237 e. The quantitative estimate of drug-likeness (QED) is 0.552. The lowest BCUT2D eigenvalue weighted by Crippen LogP contribution is -2.28. The van der Waals surface area contributed by atoms with E-state index in [1.807, 2.05) is 13.8 Å². The van der Waals surface area contributed by atoms with Crippen LogP contribution >= 0.6 is 0 Å². The van der Waals surface area contributed by atoms with Gasteiger partial charge in [-0.2, -0.15) is 0 Å². The lowest BCUT2D eigenvalue weighted by atomic mass is 9.68. The Morgan fingerprint density at radius 3 is 1.79 bits per heavy atom. The molecule has 2 aromatic rings. The molecule has 0 heterocycles. The fourth-order valence-electron chi connectivity index (χ4n) is 3.61. The molecule has 24 heavy (non-hydrogen) atoms. The van der Waals surface area contributed by atoms with E-state index in [9.17, 15) is 0 Å². The Morgan fingerprint density at radius 1 is 0.833 bits per heavy atom. The first kappa shape index (κ1) is 18.3. The van der Waals surface area contributed by atoms with Gasteiger partial charge in [0.1, 0.15) is 0 Å². The van der Waals surface area contributed by atoms with Crippen LogP contribution in [0.4, 0.5) is 0 Å². The fraction of sp³-hybridized carbons (Fsp3) is 0.333. The van der Waals surface area contributed by atoms with Crippen molar-refractivity contribution < 1.29 is 0 Å². The molecule has 2 aromatic carbocycles. The van der Waals surface area contributed by atoms with E-state index in [0.29, 0.717) is 0 Å². The average molecular weight is 319 g/mol. The molecule has 3 rings (SSSR count). The number of rotatable bonds is 5. The minimum atomic E-state index is 0.0829. The molecule has 0 saturated carbocycles. The molecule has 0 N–H and O–H groups in total. The fourth-order valence-corrected chi connectivity index (χ4v) is 3.61. The molecular weight excluding hydrogens is 288 g/mol. The Morgan fingerprint density at radius 2 is 1.38 bits per heavy atom. The van der Waals surface area contributed by atoms with Gasteiger partial charge in [0.15, 0.2) is 0 Å². The van der Waals surface area contributed by atoms with E-state index in [1.54, 1.807) is 5.57 Å². The van der Waals surface area contributed by atoms with Crippen molar-refractivity contribution in [3.05, 3.63) is 95.6 Å². The van der Waals surface area contributed by atoms with Gasteiger partial charge < -0.3 is 0 Å². The Bertz CT molecular complexity index is 607. The van der Waals surface area contributed by atoms with E-state index in [1.165, 1.54) is 24.0 Å². The highest BCUT2D eigenvalue weighted by Crippen LogP contribution is 2.42. The standard InChI is InChI=1S/C22H24.C2H6/c1-2-22(20-14-8-4-9-15-20,21-16-10-5-11-17-21)18-19-12-6-3-7-13-19;1-2/h3-6,8-12,14-17H,2,7,13,18H2,1H3;1-2H3. The van der Waals surface area contributed by atoms with Crippen molar-refractivity contribution >= 4 is 0 Å². The number of allylic oxidation sites excluding steroid dienone is 4. The van der Waals surface area contributed by atoms with Crippen molar-refractivity contribution in [1.29, 1.82) is 0 Å². The predicted molar refractivity (Wildman–Crippen MR) is 106 cm³/mol. The Kier molecular flexibility index (Phi) is 7.06. The first-order chi connectivity index (χ1) is 11.8. The van der Waals surface area contributed by atoms with Crippen LogP contribution in [-0.2, 0) is 5.41 Å². The van der Waals surface area contributed by atoms with Crippen LogP contribution in [0, 0.1) is 0 Å². The summed E-state index contributed by atoms with van der Waals surface area (Å²) in [6.45, 7) is 6.32. The molecule has 0 amide bonds. The van der Waals surface area contributed by atoms with Crippen molar-refractivity contribution in [1.82, 2.24) is 0 Å². The number of benzene rings is 2. The van der Waals surface area contributed by atoms with Gasteiger partial charge in [0.05, 0.1) is 0 Å². The van der Waals surface area contributed by atoms with E-state index >= 15 is 0 Å². The summed E-state index contributed by atoms with van der Waals surface area (Å²) < 4.78 is 0. The summed E-state index contributed by atoms with van der Waals surface area (Å²) in [4.78, 5) is 0. The van der Waals surface area contributed by atoms with Gasteiger partial charge in [-0.1, -0.05) is 105 Å². The second-order valence-corrected chi connectivity index (χ2v) is 6.14. The highest BCUT2D eigenvalue weighted by molar-refractivity contribution is 5.41. The second kappa shape index (κ2) is 9.27. The maximum absolute atomic E-state index is 2.32. The SMILES string of the molecule is CC.CCC(CC1=CC=CCC1)(c1ccccc1)c1ccccc1. The van der Waals surface area contributed by atoms with Crippen molar-refractivity contribution in [2.75, 3.05) is 0 Å². The van der Waals surface area contributed by atoms with Crippen LogP contribution in [-0.4, -0.2) is 0 Å². The third kappa shape index (κ3) is 4.06. The number of hydrogen-bond donors (Lipinski definition) is 0. The van der Waals surface area contributed by atoms with Crippen LogP contribution in [0.3, 0.4) is 0 Å². The Balaban J connectivity index is 0.00000100. The summed E-state index contributed by atoms with van der Waals surface area (Å²) in [5.41, 5.74) is 4.51. The molecule has 0 nitrogen and oxygen atoms in total. The third-order valence-electron chi connectivity index (χ3n) is 4.89. The Labute approximate surface area is 147 Å².